The van der Waals surface area contributed by atoms with Crippen LogP contribution >= 0.6 is 11.3 Å². The van der Waals surface area contributed by atoms with Crippen molar-refractivity contribution in [2.75, 3.05) is 13.1 Å². The molecule has 1 aliphatic heterocycles. The van der Waals surface area contributed by atoms with Gasteiger partial charge in [0, 0.05) is 29.4 Å². The summed E-state index contributed by atoms with van der Waals surface area (Å²) in [7, 11) is 0. The van der Waals surface area contributed by atoms with Gasteiger partial charge in [0.25, 0.3) is 0 Å². The fourth-order valence-corrected chi connectivity index (χ4v) is 3.74. The maximum atomic E-state index is 11.1. The van der Waals surface area contributed by atoms with Crippen molar-refractivity contribution in [3.05, 3.63) is 21.9 Å². The van der Waals surface area contributed by atoms with Gasteiger partial charge < -0.3 is 10.8 Å². The molecular weight excluding hydrogens is 260 g/mol. The summed E-state index contributed by atoms with van der Waals surface area (Å²) in [5.74, 6) is -0.219. The molecular formula is C14H22N2O2S. The Hall–Kier alpha value is -0.910. The van der Waals surface area contributed by atoms with Gasteiger partial charge in [0.05, 0.1) is 0 Å². The fraction of sp³-hybridized carbons (Fsp3) is 0.643. The number of likely N-dealkylation sites (tertiary alicyclic amines) is 1. The summed E-state index contributed by atoms with van der Waals surface area (Å²) in [6.07, 6.45) is 1.65. The van der Waals surface area contributed by atoms with Crippen molar-refractivity contribution in [1.29, 1.82) is 0 Å². The van der Waals surface area contributed by atoms with Crippen molar-refractivity contribution in [1.82, 2.24) is 4.90 Å². The first-order valence-corrected chi connectivity index (χ1v) is 7.53. The summed E-state index contributed by atoms with van der Waals surface area (Å²) in [4.78, 5) is 15.9. The Kier molecular flexibility index (Phi) is 4.28. The van der Waals surface area contributed by atoms with Crippen LogP contribution in [0.5, 0.6) is 0 Å². The van der Waals surface area contributed by atoms with Crippen LogP contribution in [0.2, 0.25) is 0 Å². The third-order valence-corrected chi connectivity index (χ3v) is 4.60. The van der Waals surface area contributed by atoms with Gasteiger partial charge >= 0.3 is 5.97 Å². The minimum atomic E-state index is -1.06. The Morgan fingerprint density at radius 1 is 1.53 bits per heavy atom. The van der Waals surface area contributed by atoms with Gasteiger partial charge in [-0.1, -0.05) is 13.8 Å². The molecule has 2 rings (SSSR count). The molecule has 1 aliphatic rings. The van der Waals surface area contributed by atoms with Crippen LogP contribution in [0.25, 0.3) is 0 Å². The van der Waals surface area contributed by atoms with E-state index in [0.29, 0.717) is 18.9 Å². The first kappa shape index (κ1) is 14.5. The maximum absolute atomic E-state index is 11.1. The van der Waals surface area contributed by atoms with E-state index < -0.39 is 11.5 Å². The Bertz CT molecular complexity index is 458. The topological polar surface area (TPSA) is 66.6 Å². The van der Waals surface area contributed by atoms with Gasteiger partial charge in [-0.25, -0.2) is 0 Å². The molecule has 0 radical (unpaired) electrons. The highest BCUT2D eigenvalue weighted by molar-refractivity contribution is 7.11. The lowest BCUT2D eigenvalue weighted by atomic mass is 10.0. The van der Waals surface area contributed by atoms with Gasteiger partial charge in [-0.05, 0) is 30.9 Å². The molecule has 0 aliphatic carbocycles. The van der Waals surface area contributed by atoms with E-state index in [4.69, 9.17) is 10.8 Å². The van der Waals surface area contributed by atoms with Crippen LogP contribution in [-0.2, 0) is 17.8 Å². The van der Waals surface area contributed by atoms with Crippen LogP contribution in [0.4, 0.5) is 0 Å². The number of carboxylic acids is 1. The van der Waals surface area contributed by atoms with Crippen molar-refractivity contribution in [3.63, 3.8) is 0 Å². The molecule has 1 aromatic rings. The molecule has 0 unspecified atom stereocenters. The minimum Gasteiger partial charge on any atom is -0.480 e. The molecule has 0 spiro atoms. The fourth-order valence-electron chi connectivity index (χ4n) is 2.46. The summed E-state index contributed by atoms with van der Waals surface area (Å²) in [6, 6.07) is 4.34. The molecule has 3 N–H and O–H groups in total. The van der Waals surface area contributed by atoms with E-state index in [1.165, 1.54) is 9.75 Å². The van der Waals surface area contributed by atoms with Crippen molar-refractivity contribution in [2.24, 2.45) is 11.7 Å². The Balaban J connectivity index is 1.92. The van der Waals surface area contributed by atoms with Gasteiger partial charge in [-0.3, -0.25) is 9.69 Å². The monoisotopic (exact) mass is 282 g/mol. The largest absolute Gasteiger partial charge is 0.480 e. The number of hydrogen-bond acceptors (Lipinski definition) is 4. The van der Waals surface area contributed by atoms with E-state index in [0.717, 1.165) is 19.5 Å². The van der Waals surface area contributed by atoms with Crippen LogP contribution < -0.4 is 5.73 Å². The average molecular weight is 282 g/mol. The highest BCUT2D eigenvalue weighted by Crippen LogP contribution is 2.25. The van der Waals surface area contributed by atoms with Gasteiger partial charge in [0.15, 0.2) is 0 Å². The smallest absolute Gasteiger partial charge is 0.325 e. The average Bonchev–Trinajstić information content (AvgIpc) is 2.87. The molecule has 0 bridgehead atoms. The molecule has 4 nitrogen and oxygen atoms in total. The second kappa shape index (κ2) is 5.61. The molecule has 1 aromatic heterocycles. The predicted octanol–water partition coefficient (Wildman–Crippen LogP) is 1.93. The quantitative estimate of drug-likeness (QED) is 0.866. The van der Waals surface area contributed by atoms with Crippen molar-refractivity contribution < 1.29 is 9.90 Å². The Morgan fingerprint density at radius 2 is 2.21 bits per heavy atom. The summed E-state index contributed by atoms with van der Waals surface area (Å²) in [6.45, 7) is 6.46. The lowest BCUT2D eigenvalue weighted by Crippen LogP contribution is -2.49. The molecule has 19 heavy (non-hydrogen) atoms. The SMILES string of the molecule is CC(C)Cc1ccc(CN2CC[C@](N)(C(=O)O)C2)s1. The number of carboxylic acid groups (broad SMARTS) is 1. The number of hydrogen-bond donors (Lipinski definition) is 2. The summed E-state index contributed by atoms with van der Waals surface area (Å²) in [5, 5.41) is 9.11. The third kappa shape index (κ3) is 3.55. The highest BCUT2D eigenvalue weighted by Gasteiger charge is 2.41. The van der Waals surface area contributed by atoms with E-state index in [2.05, 4.69) is 30.9 Å². The van der Waals surface area contributed by atoms with Crippen LogP contribution in [0, 0.1) is 5.92 Å². The Morgan fingerprint density at radius 3 is 2.79 bits per heavy atom. The normalized spacial score (nSPS) is 24.2. The number of nitrogens with two attached hydrogens (primary N) is 1. The number of thiophene rings is 1. The lowest BCUT2D eigenvalue weighted by Gasteiger charge is -2.19. The number of aliphatic carboxylic acids is 1. The molecule has 0 amide bonds. The number of rotatable bonds is 5. The van der Waals surface area contributed by atoms with Crippen molar-refractivity contribution >= 4 is 17.3 Å². The molecule has 1 atom stereocenters. The molecule has 1 saturated heterocycles. The zero-order valence-corrected chi connectivity index (χ0v) is 12.4. The number of carbonyl (C=O) groups is 1. The van der Waals surface area contributed by atoms with Gasteiger partial charge in [0.1, 0.15) is 5.54 Å². The molecule has 106 valence electrons. The third-order valence-electron chi connectivity index (χ3n) is 3.51. The second-order valence-corrected chi connectivity index (χ2v) is 7.14. The van der Waals surface area contributed by atoms with Gasteiger partial charge in [0.2, 0.25) is 0 Å². The van der Waals surface area contributed by atoms with E-state index >= 15 is 0 Å². The second-order valence-electron chi connectivity index (χ2n) is 5.89. The molecule has 5 heteroatoms. The van der Waals surface area contributed by atoms with E-state index in [1.807, 2.05) is 11.3 Å². The van der Waals surface area contributed by atoms with Crippen molar-refractivity contribution in [2.45, 2.75) is 38.8 Å². The van der Waals surface area contributed by atoms with Crippen LogP contribution in [0.15, 0.2) is 12.1 Å². The van der Waals surface area contributed by atoms with Gasteiger partial charge in [-0.2, -0.15) is 0 Å². The molecule has 2 heterocycles. The first-order chi connectivity index (χ1) is 8.89. The van der Waals surface area contributed by atoms with Crippen LogP contribution in [0.1, 0.15) is 30.0 Å². The maximum Gasteiger partial charge on any atom is 0.325 e. The molecule has 0 aromatic carbocycles. The highest BCUT2D eigenvalue weighted by atomic mass is 32.1. The van der Waals surface area contributed by atoms with E-state index in [-0.39, 0.29) is 0 Å². The Labute approximate surface area is 118 Å². The lowest BCUT2D eigenvalue weighted by molar-refractivity contribution is -0.142. The van der Waals surface area contributed by atoms with E-state index in [1.54, 1.807) is 0 Å². The van der Waals surface area contributed by atoms with E-state index in [9.17, 15) is 4.79 Å². The predicted molar refractivity (Wildman–Crippen MR) is 77.3 cm³/mol. The first-order valence-electron chi connectivity index (χ1n) is 6.71. The number of nitrogens with zero attached hydrogens (tertiary/aromatic N) is 1. The zero-order valence-electron chi connectivity index (χ0n) is 11.6. The standard InChI is InChI=1S/C14H22N2O2S/c1-10(2)7-11-3-4-12(19-11)8-16-6-5-14(15,9-16)13(17)18/h3-4,10H,5-9,15H2,1-2H3,(H,17,18)/t14-/m1/s1. The summed E-state index contributed by atoms with van der Waals surface area (Å²) >= 11 is 1.83. The van der Waals surface area contributed by atoms with Crippen LogP contribution in [0.3, 0.4) is 0 Å². The van der Waals surface area contributed by atoms with Crippen molar-refractivity contribution in [3.8, 4) is 0 Å². The zero-order chi connectivity index (χ0) is 14.0. The molecule has 1 fully saturated rings. The van der Waals surface area contributed by atoms with Crippen LogP contribution in [-0.4, -0.2) is 34.6 Å². The minimum absolute atomic E-state index is 0.444. The molecule has 0 saturated carbocycles. The van der Waals surface area contributed by atoms with Gasteiger partial charge in [-0.15, -0.1) is 11.3 Å². The summed E-state index contributed by atoms with van der Waals surface area (Å²) in [5.41, 5.74) is 4.82. The summed E-state index contributed by atoms with van der Waals surface area (Å²) < 4.78 is 0.